The van der Waals surface area contributed by atoms with Gasteiger partial charge in [0, 0.05) is 6.54 Å². The van der Waals surface area contributed by atoms with Gasteiger partial charge in [-0.25, -0.2) is 0 Å². The fourth-order valence-corrected chi connectivity index (χ4v) is 2.08. The molecule has 1 aliphatic heterocycles. The molecule has 2 rings (SSSR count). The smallest absolute Gasteiger partial charge is 0.316 e. The van der Waals surface area contributed by atoms with Gasteiger partial charge in [0.25, 0.3) is 0 Å². The number of hydrogen-bond donors (Lipinski definition) is 1. The number of nitrogens with one attached hydrogen (secondary N) is 1. The zero-order chi connectivity index (χ0) is 11.6. The van der Waals surface area contributed by atoms with Crippen LogP contribution in [-0.4, -0.2) is 13.1 Å². The molecule has 0 aromatic heterocycles. The van der Waals surface area contributed by atoms with E-state index in [-0.39, 0.29) is 12.4 Å². The number of piperidine rings is 1. The fraction of sp³-hybridized carbons (Fsp3) is 0.500. The van der Waals surface area contributed by atoms with Crippen LogP contribution in [0.3, 0.4) is 0 Å². The summed E-state index contributed by atoms with van der Waals surface area (Å²) in [5, 5.41) is 3.26. The molecule has 1 saturated heterocycles. The summed E-state index contributed by atoms with van der Waals surface area (Å²) in [6.45, 7) is 1.88. The zero-order valence-electron chi connectivity index (χ0n) is 9.26. The number of hydrogen-bond acceptors (Lipinski definition) is 1. The van der Waals surface area contributed by atoms with Gasteiger partial charge in [-0.15, -0.1) is 12.4 Å². The predicted molar refractivity (Wildman–Crippen MR) is 63.5 cm³/mol. The van der Waals surface area contributed by atoms with Crippen molar-refractivity contribution in [3.8, 4) is 0 Å². The third kappa shape index (κ3) is 3.61. The van der Waals surface area contributed by atoms with E-state index in [2.05, 4.69) is 5.32 Å². The van der Waals surface area contributed by atoms with Gasteiger partial charge in [0.15, 0.2) is 0 Å². The zero-order valence-corrected chi connectivity index (χ0v) is 10.1. The second-order valence-corrected chi connectivity index (χ2v) is 4.16. The van der Waals surface area contributed by atoms with Crippen LogP contribution in [0.25, 0.3) is 0 Å². The van der Waals surface area contributed by atoms with E-state index in [1.807, 2.05) is 0 Å². The lowest BCUT2D eigenvalue weighted by Crippen LogP contribution is -2.28. The van der Waals surface area contributed by atoms with E-state index in [9.17, 15) is 13.2 Å². The monoisotopic (exact) mass is 265 g/mol. The van der Waals surface area contributed by atoms with Crippen LogP contribution in [0.15, 0.2) is 24.3 Å². The van der Waals surface area contributed by atoms with Crippen LogP contribution in [0, 0.1) is 0 Å². The second-order valence-electron chi connectivity index (χ2n) is 4.16. The number of benzene rings is 1. The molecule has 1 aromatic carbocycles. The van der Waals surface area contributed by atoms with E-state index < -0.39 is 11.7 Å². The highest BCUT2D eigenvalue weighted by Crippen LogP contribution is 2.31. The third-order valence-corrected chi connectivity index (χ3v) is 3.01. The molecule has 1 aromatic rings. The minimum Gasteiger partial charge on any atom is -0.316 e. The van der Waals surface area contributed by atoms with Gasteiger partial charge < -0.3 is 5.32 Å². The largest absolute Gasteiger partial charge is 0.416 e. The Morgan fingerprint density at radius 2 is 1.76 bits per heavy atom. The molecule has 1 aliphatic rings. The molecule has 1 nitrogen and oxygen atoms in total. The van der Waals surface area contributed by atoms with Crippen LogP contribution in [0.5, 0.6) is 0 Å². The van der Waals surface area contributed by atoms with Crippen molar-refractivity contribution in [2.24, 2.45) is 0 Å². The maximum atomic E-state index is 12.3. The van der Waals surface area contributed by atoms with Crippen LogP contribution in [0.1, 0.15) is 29.9 Å². The molecule has 0 aliphatic carbocycles. The van der Waals surface area contributed by atoms with Crippen LogP contribution < -0.4 is 5.32 Å². The SMILES string of the molecule is Cl.FC(F)(F)c1ccc([C@@H]2CCCNC2)cc1. The Morgan fingerprint density at radius 1 is 1.12 bits per heavy atom. The molecule has 0 amide bonds. The Hall–Kier alpha value is -0.740. The number of rotatable bonds is 1. The molecular weight excluding hydrogens is 251 g/mol. The van der Waals surface area contributed by atoms with E-state index in [0.717, 1.165) is 31.5 Å². The Bertz CT molecular complexity index is 342. The standard InChI is InChI=1S/C12H14F3N.ClH/c13-12(14,15)11-5-3-9(4-6-11)10-2-1-7-16-8-10;/h3-6,10,16H,1-2,7-8H2;1H/t10-;/m1./s1. The molecule has 17 heavy (non-hydrogen) atoms. The molecule has 1 fully saturated rings. The Morgan fingerprint density at radius 3 is 2.24 bits per heavy atom. The van der Waals surface area contributed by atoms with Gasteiger partial charge in [-0.05, 0) is 43.0 Å². The van der Waals surface area contributed by atoms with E-state index in [0.29, 0.717) is 5.92 Å². The van der Waals surface area contributed by atoms with Gasteiger partial charge in [-0.3, -0.25) is 0 Å². The molecule has 1 N–H and O–H groups in total. The normalized spacial score (nSPS) is 20.8. The molecule has 0 saturated carbocycles. The molecule has 1 heterocycles. The van der Waals surface area contributed by atoms with E-state index in [1.54, 1.807) is 12.1 Å². The quantitative estimate of drug-likeness (QED) is 0.818. The molecule has 0 spiro atoms. The Balaban J connectivity index is 0.00000144. The van der Waals surface area contributed by atoms with Crippen LogP contribution in [0.4, 0.5) is 13.2 Å². The fourth-order valence-electron chi connectivity index (χ4n) is 2.08. The minimum atomic E-state index is -4.23. The van der Waals surface area contributed by atoms with Crippen LogP contribution in [0.2, 0.25) is 0 Å². The first kappa shape index (κ1) is 14.3. The molecular formula is C12H15ClF3N. The molecule has 0 unspecified atom stereocenters. The van der Waals surface area contributed by atoms with E-state index in [4.69, 9.17) is 0 Å². The Kier molecular flexibility index (Phi) is 4.83. The molecule has 0 bridgehead atoms. The average molecular weight is 266 g/mol. The van der Waals surface area contributed by atoms with Crippen molar-refractivity contribution in [3.63, 3.8) is 0 Å². The maximum Gasteiger partial charge on any atom is 0.416 e. The van der Waals surface area contributed by atoms with Crippen LogP contribution >= 0.6 is 12.4 Å². The lowest BCUT2D eigenvalue weighted by molar-refractivity contribution is -0.137. The summed E-state index contributed by atoms with van der Waals surface area (Å²) in [7, 11) is 0. The highest BCUT2D eigenvalue weighted by Gasteiger charge is 2.30. The van der Waals surface area contributed by atoms with Crippen molar-refractivity contribution in [1.82, 2.24) is 5.32 Å². The highest BCUT2D eigenvalue weighted by atomic mass is 35.5. The summed E-state index contributed by atoms with van der Waals surface area (Å²) in [6, 6.07) is 5.54. The maximum absolute atomic E-state index is 12.3. The summed E-state index contributed by atoms with van der Waals surface area (Å²) >= 11 is 0. The highest BCUT2D eigenvalue weighted by molar-refractivity contribution is 5.85. The van der Waals surface area contributed by atoms with Gasteiger partial charge in [0.1, 0.15) is 0 Å². The lowest BCUT2D eigenvalue weighted by atomic mass is 9.91. The first-order valence-corrected chi connectivity index (χ1v) is 5.45. The van der Waals surface area contributed by atoms with Gasteiger partial charge in [-0.1, -0.05) is 12.1 Å². The number of halogens is 4. The summed E-state index contributed by atoms with van der Waals surface area (Å²) in [4.78, 5) is 0. The second kappa shape index (κ2) is 5.74. The van der Waals surface area contributed by atoms with Crippen molar-refractivity contribution >= 4 is 12.4 Å². The minimum absolute atomic E-state index is 0. The van der Waals surface area contributed by atoms with E-state index >= 15 is 0 Å². The first-order chi connectivity index (χ1) is 7.57. The summed E-state index contributed by atoms with van der Waals surface area (Å²) in [5.41, 5.74) is 0.431. The number of alkyl halides is 3. The first-order valence-electron chi connectivity index (χ1n) is 5.45. The van der Waals surface area contributed by atoms with Crippen molar-refractivity contribution in [3.05, 3.63) is 35.4 Å². The Labute approximate surface area is 105 Å². The summed E-state index contributed by atoms with van der Waals surface area (Å²) < 4.78 is 37.0. The van der Waals surface area contributed by atoms with Crippen LogP contribution in [-0.2, 0) is 6.18 Å². The molecule has 0 radical (unpaired) electrons. The predicted octanol–water partition coefficient (Wildman–Crippen LogP) is 3.59. The van der Waals surface area contributed by atoms with Crippen molar-refractivity contribution in [2.45, 2.75) is 24.9 Å². The topological polar surface area (TPSA) is 12.0 Å². The van der Waals surface area contributed by atoms with Crippen molar-refractivity contribution in [1.29, 1.82) is 0 Å². The van der Waals surface area contributed by atoms with Crippen molar-refractivity contribution < 1.29 is 13.2 Å². The van der Waals surface area contributed by atoms with Gasteiger partial charge >= 0.3 is 6.18 Å². The average Bonchev–Trinajstić information content (AvgIpc) is 2.29. The summed E-state index contributed by atoms with van der Waals surface area (Å²) in [5.74, 6) is 0.357. The molecule has 1 atom stereocenters. The van der Waals surface area contributed by atoms with Gasteiger partial charge in [0.2, 0.25) is 0 Å². The third-order valence-electron chi connectivity index (χ3n) is 3.01. The van der Waals surface area contributed by atoms with Gasteiger partial charge in [-0.2, -0.15) is 13.2 Å². The lowest BCUT2D eigenvalue weighted by Gasteiger charge is -2.23. The summed E-state index contributed by atoms with van der Waals surface area (Å²) in [6.07, 6.45) is -2.09. The molecule has 96 valence electrons. The van der Waals surface area contributed by atoms with Gasteiger partial charge in [0.05, 0.1) is 5.56 Å². The van der Waals surface area contributed by atoms with Crippen molar-refractivity contribution in [2.75, 3.05) is 13.1 Å². The molecule has 5 heteroatoms. The van der Waals surface area contributed by atoms with E-state index in [1.165, 1.54) is 12.1 Å².